The molecule has 0 atom stereocenters. The number of amides is 2. The molecule has 2 aromatic heterocycles. The maximum atomic E-state index is 12.2. The molecule has 0 spiro atoms. The summed E-state index contributed by atoms with van der Waals surface area (Å²) in [5, 5.41) is 3.12. The third kappa shape index (κ3) is 4.95. The van der Waals surface area contributed by atoms with Crippen LogP contribution in [0.3, 0.4) is 0 Å². The summed E-state index contributed by atoms with van der Waals surface area (Å²) in [6.07, 6.45) is 1.40. The number of hydrogen-bond acceptors (Lipinski definition) is 6. The molecule has 0 radical (unpaired) electrons. The van der Waals surface area contributed by atoms with E-state index in [-0.39, 0.29) is 30.4 Å². The van der Waals surface area contributed by atoms with Gasteiger partial charge in [-0.3, -0.25) is 9.59 Å². The molecule has 7 nitrogen and oxygen atoms in total. The highest BCUT2D eigenvalue weighted by Gasteiger charge is 2.22. The van der Waals surface area contributed by atoms with Gasteiger partial charge in [-0.2, -0.15) is 0 Å². The summed E-state index contributed by atoms with van der Waals surface area (Å²) in [7, 11) is 0. The number of esters is 1. The van der Waals surface area contributed by atoms with Crippen molar-refractivity contribution in [2.75, 3.05) is 11.9 Å². The first kappa shape index (κ1) is 19.7. The number of rotatable bonds is 7. The van der Waals surface area contributed by atoms with Crippen molar-refractivity contribution in [3.05, 3.63) is 41.2 Å². The van der Waals surface area contributed by atoms with Crippen LogP contribution in [0.2, 0.25) is 0 Å². The molecule has 26 heavy (non-hydrogen) atoms. The minimum absolute atomic E-state index is 0.0198. The Morgan fingerprint density at radius 3 is 2.42 bits per heavy atom. The lowest BCUT2D eigenvalue weighted by Gasteiger charge is -2.30. The SMILES string of the molecule is CC(C)N(C(=O)COC(=O)c1ccc(NC(=O)c2ccco2)s1)C(C)C. The van der Waals surface area contributed by atoms with Crippen LogP contribution in [0.5, 0.6) is 0 Å². The Kier molecular flexibility index (Phi) is 6.57. The van der Waals surface area contributed by atoms with Crippen molar-refractivity contribution in [3.8, 4) is 0 Å². The largest absolute Gasteiger partial charge is 0.459 e. The van der Waals surface area contributed by atoms with Crippen LogP contribution >= 0.6 is 11.3 Å². The number of nitrogens with one attached hydrogen (secondary N) is 1. The lowest BCUT2D eigenvalue weighted by molar-refractivity contribution is -0.138. The molecule has 0 saturated carbocycles. The Labute approximate surface area is 155 Å². The van der Waals surface area contributed by atoms with Gasteiger partial charge in [-0.05, 0) is 52.0 Å². The van der Waals surface area contributed by atoms with Crippen LogP contribution in [0.25, 0.3) is 0 Å². The fourth-order valence-corrected chi connectivity index (χ4v) is 3.34. The molecule has 140 valence electrons. The maximum Gasteiger partial charge on any atom is 0.348 e. The molecule has 0 fully saturated rings. The topological polar surface area (TPSA) is 88.9 Å². The van der Waals surface area contributed by atoms with Gasteiger partial charge in [-0.1, -0.05) is 0 Å². The van der Waals surface area contributed by atoms with E-state index in [2.05, 4.69) is 5.32 Å². The summed E-state index contributed by atoms with van der Waals surface area (Å²) in [4.78, 5) is 38.2. The van der Waals surface area contributed by atoms with E-state index in [4.69, 9.17) is 9.15 Å². The van der Waals surface area contributed by atoms with Crippen LogP contribution in [-0.2, 0) is 9.53 Å². The Morgan fingerprint density at radius 1 is 1.15 bits per heavy atom. The van der Waals surface area contributed by atoms with Crippen molar-refractivity contribution in [1.82, 2.24) is 4.90 Å². The summed E-state index contributed by atoms with van der Waals surface area (Å²) >= 11 is 1.07. The van der Waals surface area contributed by atoms with Crippen LogP contribution in [0.4, 0.5) is 5.00 Å². The third-order valence-corrected chi connectivity index (χ3v) is 4.50. The van der Waals surface area contributed by atoms with Crippen molar-refractivity contribution in [1.29, 1.82) is 0 Å². The van der Waals surface area contributed by atoms with Gasteiger partial charge in [0.2, 0.25) is 0 Å². The van der Waals surface area contributed by atoms with Gasteiger partial charge in [0.05, 0.1) is 11.3 Å². The van der Waals surface area contributed by atoms with E-state index in [1.807, 2.05) is 27.7 Å². The highest BCUT2D eigenvalue weighted by Crippen LogP contribution is 2.23. The Bertz CT molecular complexity index is 756. The fourth-order valence-electron chi connectivity index (χ4n) is 2.54. The second-order valence-corrected chi connectivity index (χ2v) is 7.24. The van der Waals surface area contributed by atoms with Crippen molar-refractivity contribution in [2.45, 2.75) is 39.8 Å². The average Bonchev–Trinajstić information content (AvgIpc) is 3.23. The third-order valence-electron chi connectivity index (χ3n) is 3.52. The second-order valence-electron chi connectivity index (χ2n) is 6.16. The molecular formula is C18H22N2O5S. The van der Waals surface area contributed by atoms with Crippen molar-refractivity contribution in [2.24, 2.45) is 0 Å². The van der Waals surface area contributed by atoms with E-state index in [1.54, 1.807) is 23.1 Å². The average molecular weight is 378 g/mol. The number of hydrogen-bond donors (Lipinski definition) is 1. The zero-order chi connectivity index (χ0) is 19.3. The molecule has 0 aliphatic rings. The molecular weight excluding hydrogens is 356 g/mol. The van der Waals surface area contributed by atoms with Crippen LogP contribution in [0.1, 0.15) is 47.9 Å². The van der Waals surface area contributed by atoms with Gasteiger partial charge in [-0.15, -0.1) is 11.3 Å². The van der Waals surface area contributed by atoms with E-state index in [1.165, 1.54) is 12.3 Å². The number of furan rings is 1. The van der Waals surface area contributed by atoms with Crippen molar-refractivity contribution < 1.29 is 23.5 Å². The second kappa shape index (κ2) is 8.66. The zero-order valence-corrected chi connectivity index (χ0v) is 16.0. The van der Waals surface area contributed by atoms with Gasteiger partial charge < -0.3 is 19.4 Å². The van der Waals surface area contributed by atoms with E-state index >= 15 is 0 Å². The highest BCUT2D eigenvalue weighted by atomic mass is 32.1. The predicted molar refractivity (Wildman–Crippen MR) is 98.4 cm³/mol. The number of ether oxygens (including phenoxy) is 1. The number of carbonyl (C=O) groups excluding carboxylic acids is 3. The standard InChI is InChI=1S/C18H22N2O5S/c1-11(2)20(12(3)4)16(21)10-25-18(23)14-7-8-15(26-14)19-17(22)13-6-5-9-24-13/h5-9,11-12H,10H2,1-4H3,(H,19,22). The molecule has 2 aromatic rings. The summed E-state index contributed by atoms with van der Waals surface area (Å²) in [6.45, 7) is 7.32. The first-order chi connectivity index (χ1) is 12.3. The lowest BCUT2D eigenvalue weighted by Crippen LogP contribution is -2.44. The number of anilines is 1. The minimum Gasteiger partial charge on any atom is -0.459 e. The van der Waals surface area contributed by atoms with E-state index in [0.717, 1.165) is 11.3 Å². The first-order valence-electron chi connectivity index (χ1n) is 8.22. The van der Waals surface area contributed by atoms with Crippen LogP contribution < -0.4 is 5.32 Å². The monoisotopic (exact) mass is 378 g/mol. The molecule has 1 N–H and O–H groups in total. The quantitative estimate of drug-likeness (QED) is 0.746. The molecule has 2 rings (SSSR count). The molecule has 0 aliphatic carbocycles. The van der Waals surface area contributed by atoms with E-state index in [9.17, 15) is 14.4 Å². The fraction of sp³-hybridized carbons (Fsp3) is 0.389. The van der Waals surface area contributed by atoms with Crippen LogP contribution in [0.15, 0.2) is 34.9 Å². The molecule has 2 amide bonds. The number of nitrogens with zero attached hydrogens (tertiary/aromatic N) is 1. The molecule has 0 unspecified atom stereocenters. The Morgan fingerprint density at radius 2 is 1.85 bits per heavy atom. The first-order valence-corrected chi connectivity index (χ1v) is 9.04. The van der Waals surface area contributed by atoms with Crippen LogP contribution in [0, 0.1) is 0 Å². The van der Waals surface area contributed by atoms with Crippen molar-refractivity contribution >= 4 is 34.1 Å². The van der Waals surface area contributed by atoms with E-state index < -0.39 is 11.9 Å². The van der Waals surface area contributed by atoms with Gasteiger partial charge >= 0.3 is 5.97 Å². The molecule has 0 bridgehead atoms. The molecule has 2 heterocycles. The van der Waals surface area contributed by atoms with Crippen molar-refractivity contribution in [3.63, 3.8) is 0 Å². The van der Waals surface area contributed by atoms with Gasteiger partial charge in [0.15, 0.2) is 12.4 Å². The zero-order valence-electron chi connectivity index (χ0n) is 15.1. The number of thiophene rings is 1. The summed E-state index contributed by atoms with van der Waals surface area (Å²) < 4.78 is 10.1. The maximum absolute atomic E-state index is 12.2. The summed E-state index contributed by atoms with van der Waals surface area (Å²) in [5.41, 5.74) is 0. The van der Waals surface area contributed by atoms with E-state index in [0.29, 0.717) is 9.88 Å². The van der Waals surface area contributed by atoms with Gasteiger partial charge in [-0.25, -0.2) is 4.79 Å². The summed E-state index contributed by atoms with van der Waals surface area (Å²) in [5.74, 6) is -1.08. The normalized spacial score (nSPS) is 10.8. The number of carbonyl (C=O) groups is 3. The Balaban J connectivity index is 1.91. The van der Waals surface area contributed by atoms with Crippen LogP contribution in [-0.4, -0.2) is 41.4 Å². The molecule has 0 saturated heterocycles. The highest BCUT2D eigenvalue weighted by molar-refractivity contribution is 7.18. The lowest BCUT2D eigenvalue weighted by atomic mass is 10.2. The minimum atomic E-state index is -0.602. The summed E-state index contributed by atoms with van der Waals surface area (Å²) in [6, 6.07) is 6.33. The smallest absolute Gasteiger partial charge is 0.348 e. The predicted octanol–water partition coefficient (Wildman–Crippen LogP) is 3.40. The Hall–Kier alpha value is -2.61. The van der Waals surface area contributed by atoms with Gasteiger partial charge in [0.1, 0.15) is 4.88 Å². The molecule has 0 aliphatic heterocycles. The molecule has 8 heteroatoms. The molecule has 0 aromatic carbocycles. The van der Waals surface area contributed by atoms with Gasteiger partial charge in [0, 0.05) is 12.1 Å². The van der Waals surface area contributed by atoms with Gasteiger partial charge in [0.25, 0.3) is 11.8 Å².